The molecule has 0 aromatic heterocycles. The van der Waals surface area contributed by atoms with Crippen molar-refractivity contribution in [1.82, 2.24) is 4.90 Å². The van der Waals surface area contributed by atoms with Crippen LogP contribution in [0.2, 0.25) is 0 Å². The normalized spacial score (nSPS) is 17.6. The lowest BCUT2D eigenvalue weighted by molar-refractivity contribution is -0.137. The third-order valence-corrected chi connectivity index (χ3v) is 3.45. The summed E-state index contributed by atoms with van der Waals surface area (Å²) in [4.78, 5) is 24.5. The summed E-state index contributed by atoms with van der Waals surface area (Å²) >= 11 is 0. The topological polar surface area (TPSA) is 78.9 Å². The number of carbonyl (C=O) groups excluding carboxylic acids is 1. The molecule has 1 atom stereocenters. The monoisotopic (exact) mass is 296 g/mol. The molecule has 1 aromatic carbocycles. The van der Waals surface area contributed by atoms with Gasteiger partial charge in [-0.25, -0.2) is 9.18 Å². The predicted octanol–water partition coefficient (Wildman–Crippen LogP) is 2.31. The maximum atomic E-state index is 13.3. The summed E-state index contributed by atoms with van der Waals surface area (Å²) in [5.74, 6) is -1.40. The largest absolute Gasteiger partial charge is 0.494 e. The van der Waals surface area contributed by atoms with Gasteiger partial charge in [-0.05, 0) is 25.0 Å². The number of nitrogens with one attached hydrogen (secondary N) is 1. The van der Waals surface area contributed by atoms with Crippen molar-refractivity contribution in [1.29, 1.82) is 0 Å². The molecule has 21 heavy (non-hydrogen) atoms. The minimum absolute atomic E-state index is 0.0382. The summed E-state index contributed by atoms with van der Waals surface area (Å²) in [6.07, 6.45) is 1.38. The average Bonchev–Trinajstić information content (AvgIpc) is 2.88. The summed E-state index contributed by atoms with van der Waals surface area (Å²) in [5, 5.41) is 11.5. The van der Waals surface area contributed by atoms with E-state index < -0.39 is 11.8 Å². The summed E-state index contributed by atoms with van der Waals surface area (Å²) in [6, 6.07) is 3.33. The molecule has 1 fully saturated rings. The lowest BCUT2D eigenvalue weighted by Gasteiger charge is -2.23. The van der Waals surface area contributed by atoms with Gasteiger partial charge in [0.05, 0.1) is 13.5 Å². The average molecular weight is 296 g/mol. The van der Waals surface area contributed by atoms with E-state index in [0.717, 1.165) is 6.42 Å². The Kier molecular flexibility index (Phi) is 4.62. The molecule has 6 nitrogen and oxygen atoms in total. The van der Waals surface area contributed by atoms with Crippen molar-refractivity contribution in [2.24, 2.45) is 0 Å². The zero-order chi connectivity index (χ0) is 15.4. The van der Waals surface area contributed by atoms with Gasteiger partial charge in [0.2, 0.25) is 0 Å². The predicted molar refractivity (Wildman–Crippen MR) is 74.0 cm³/mol. The molecular weight excluding hydrogens is 279 g/mol. The first-order valence-corrected chi connectivity index (χ1v) is 6.64. The van der Waals surface area contributed by atoms with E-state index >= 15 is 0 Å². The Morgan fingerprint density at radius 2 is 2.29 bits per heavy atom. The lowest BCUT2D eigenvalue weighted by atomic mass is 10.1. The maximum absolute atomic E-state index is 13.3. The molecule has 7 heteroatoms. The molecule has 2 amide bonds. The standard InChI is InChI=1S/C14H17FN2O4/c1-21-12-7-9(4-5-11(12)15)16-14(20)17-6-2-3-10(17)8-13(18)19/h4-5,7,10H,2-3,6,8H2,1H3,(H,16,20)(H,18,19). The summed E-state index contributed by atoms with van der Waals surface area (Å²) in [7, 11) is 1.34. The number of ether oxygens (including phenoxy) is 1. The van der Waals surface area contributed by atoms with Crippen molar-refractivity contribution in [2.75, 3.05) is 19.0 Å². The zero-order valence-electron chi connectivity index (χ0n) is 11.6. The number of urea groups is 1. The quantitative estimate of drug-likeness (QED) is 0.893. The summed E-state index contributed by atoms with van der Waals surface area (Å²) < 4.78 is 18.1. The van der Waals surface area contributed by atoms with Crippen LogP contribution in [0.3, 0.4) is 0 Å². The fraction of sp³-hybridized carbons (Fsp3) is 0.429. The number of nitrogens with zero attached hydrogens (tertiary/aromatic N) is 1. The molecule has 0 bridgehead atoms. The number of likely N-dealkylation sites (tertiary alicyclic amines) is 1. The number of carboxylic acids is 1. The van der Waals surface area contributed by atoms with Gasteiger partial charge in [-0.15, -0.1) is 0 Å². The Labute approximate surface area is 121 Å². The van der Waals surface area contributed by atoms with Crippen molar-refractivity contribution < 1.29 is 23.8 Å². The molecule has 2 rings (SSSR count). The van der Waals surface area contributed by atoms with Crippen LogP contribution < -0.4 is 10.1 Å². The number of halogens is 1. The van der Waals surface area contributed by atoms with Crippen LogP contribution >= 0.6 is 0 Å². The first-order chi connectivity index (χ1) is 10.0. The molecule has 1 unspecified atom stereocenters. The molecule has 0 spiro atoms. The second kappa shape index (κ2) is 6.43. The number of hydrogen-bond donors (Lipinski definition) is 2. The molecule has 1 aliphatic rings. The Balaban J connectivity index is 2.05. The van der Waals surface area contributed by atoms with Crippen molar-refractivity contribution in [3.05, 3.63) is 24.0 Å². The van der Waals surface area contributed by atoms with Gasteiger partial charge in [-0.2, -0.15) is 0 Å². The van der Waals surface area contributed by atoms with Crippen LogP contribution in [-0.2, 0) is 4.79 Å². The van der Waals surface area contributed by atoms with Crippen molar-refractivity contribution in [2.45, 2.75) is 25.3 Å². The third kappa shape index (κ3) is 3.62. The number of benzene rings is 1. The first kappa shape index (κ1) is 15.1. The van der Waals surface area contributed by atoms with Crippen LogP contribution in [0.1, 0.15) is 19.3 Å². The minimum atomic E-state index is -0.928. The Morgan fingerprint density at radius 1 is 1.52 bits per heavy atom. The van der Waals surface area contributed by atoms with Gasteiger partial charge in [0.15, 0.2) is 11.6 Å². The van der Waals surface area contributed by atoms with Crippen LogP contribution in [0.25, 0.3) is 0 Å². The Morgan fingerprint density at radius 3 is 2.95 bits per heavy atom. The van der Waals surface area contributed by atoms with E-state index in [1.54, 1.807) is 0 Å². The number of amides is 2. The number of hydrogen-bond acceptors (Lipinski definition) is 3. The minimum Gasteiger partial charge on any atom is -0.494 e. The van der Waals surface area contributed by atoms with Crippen molar-refractivity contribution >= 4 is 17.7 Å². The van der Waals surface area contributed by atoms with Gasteiger partial charge in [0.25, 0.3) is 0 Å². The first-order valence-electron chi connectivity index (χ1n) is 6.64. The molecular formula is C14H17FN2O4. The van der Waals surface area contributed by atoms with Crippen LogP contribution in [-0.4, -0.2) is 41.7 Å². The second-order valence-corrected chi connectivity index (χ2v) is 4.87. The highest BCUT2D eigenvalue weighted by molar-refractivity contribution is 5.90. The van der Waals surface area contributed by atoms with E-state index in [1.807, 2.05) is 0 Å². The number of carbonyl (C=O) groups is 2. The fourth-order valence-corrected chi connectivity index (χ4v) is 2.45. The van der Waals surface area contributed by atoms with Crippen LogP contribution in [0, 0.1) is 5.82 Å². The zero-order valence-corrected chi connectivity index (χ0v) is 11.6. The number of methoxy groups -OCH3 is 1. The highest BCUT2D eigenvalue weighted by Crippen LogP contribution is 2.24. The third-order valence-electron chi connectivity index (χ3n) is 3.45. The molecule has 1 aromatic rings. The molecule has 0 radical (unpaired) electrons. The van der Waals surface area contributed by atoms with Crippen LogP contribution in [0.4, 0.5) is 14.9 Å². The van der Waals surface area contributed by atoms with E-state index in [2.05, 4.69) is 5.32 Å². The smallest absolute Gasteiger partial charge is 0.322 e. The fourth-order valence-electron chi connectivity index (χ4n) is 2.45. The van der Waals surface area contributed by atoms with Gasteiger partial charge in [-0.1, -0.05) is 0 Å². The molecule has 2 N–H and O–H groups in total. The van der Waals surface area contributed by atoms with Gasteiger partial charge < -0.3 is 20.1 Å². The van der Waals surface area contributed by atoms with E-state index in [1.165, 1.54) is 30.2 Å². The lowest BCUT2D eigenvalue weighted by Crippen LogP contribution is -2.39. The maximum Gasteiger partial charge on any atom is 0.322 e. The van der Waals surface area contributed by atoms with Crippen molar-refractivity contribution in [3.63, 3.8) is 0 Å². The molecule has 0 aliphatic carbocycles. The van der Waals surface area contributed by atoms with E-state index in [0.29, 0.717) is 18.7 Å². The van der Waals surface area contributed by atoms with Crippen molar-refractivity contribution in [3.8, 4) is 5.75 Å². The highest BCUT2D eigenvalue weighted by Gasteiger charge is 2.30. The SMILES string of the molecule is COc1cc(NC(=O)N2CCCC2CC(=O)O)ccc1F. The highest BCUT2D eigenvalue weighted by atomic mass is 19.1. The van der Waals surface area contributed by atoms with Gasteiger partial charge >= 0.3 is 12.0 Å². The van der Waals surface area contributed by atoms with Gasteiger partial charge in [0.1, 0.15) is 0 Å². The number of carboxylic acid groups (broad SMARTS) is 1. The Hall–Kier alpha value is -2.31. The van der Waals surface area contributed by atoms with Gasteiger partial charge in [0, 0.05) is 24.3 Å². The molecule has 1 heterocycles. The Bertz CT molecular complexity index is 550. The number of anilines is 1. The summed E-state index contributed by atoms with van der Waals surface area (Å²) in [6.45, 7) is 0.516. The second-order valence-electron chi connectivity index (χ2n) is 4.87. The van der Waals surface area contributed by atoms with Crippen LogP contribution in [0.15, 0.2) is 18.2 Å². The molecule has 0 saturated carbocycles. The number of rotatable bonds is 4. The van der Waals surface area contributed by atoms with E-state index in [-0.39, 0.29) is 24.2 Å². The molecule has 1 aliphatic heterocycles. The van der Waals surface area contributed by atoms with Gasteiger partial charge in [-0.3, -0.25) is 4.79 Å². The van der Waals surface area contributed by atoms with E-state index in [9.17, 15) is 14.0 Å². The summed E-state index contributed by atoms with van der Waals surface area (Å²) in [5.41, 5.74) is 0.402. The molecule has 114 valence electrons. The van der Waals surface area contributed by atoms with E-state index in [4.69, 9.17) is 9.84 Å². The van der Waals surface area contributed by atoms with Crippen LogP contribution in [0.5, 0.6) is 5.75 Å². The number of aliphatic carboxylic acids is 1. The molecule has 1 saturated heterocycles.